The average molecular weight is 296 g/mol. The van der Waals surface area contributed by atoms with Crippen molar-refractivity contribution in [3.8, 4) is 0 Å². The van der Waals surface area contributed by atoms with Gasteiger partial charge in [0.25, 0.3) is 0 Å². The summed E-state index contributed by atoms with van der Waals surface area (Å²) in [5.41, 5.74) is 1.07. The molecule has 1 aliphatic heterocycles. The number of likely N-dealkylation sites (tertiary alicyclic amines) is 1. The Morgan fingerprint density at radius 3 is 2.73 bits per heavy atom. The zero-order chi connectivity index (χ0) is 15.4. The van der Waals surface area contributed by atoms with Gasteiger partial charge in [-0.3, -0.25) is 9.59 Å². The van der Waals surface area contributed by atoms with Gasteiger partial charge in [0.05, 0.1) is 6.54 Å². The number of carbonyl (C=O) groups is 2. The summed E-state index contributed by atoms with van der Waals surface area (Å²) in [4.78, 5) is 25.3. The second-order valence-electron chi connectivity index (χ2n) is 5.73. The van der Waals surface area contributed by atoms with Gasteiger partial charge >= 0.3 is 0 Å². The Morgan fingerprint density at radius 1 is 1.09 bits per heavy atom. The van der Waals surface area contributed by atoms with E-state index in [9.17, 15) is 9.59 Å². The molecule has 2 aromatic carbocycles. The fraction of sp³-hybridized carbons (Fsp3) is 0.333. The van der Waals surface area contributed by atoms with E-state index < -0.39 is 0 Å². The summed E-state index contributed by atoms with van der Waals surface area (Å²) in [5.74, 6) is -0.00415. The maximum atomic E-state index is 12.0. The van der Waals surface area contributed by atoms with Crippen LogP contribution in [-0.2, 0) is 16.1 Å². The zero-order valence-corrected chi connectivity index (χ0v) is 12.5. The summed E-state index contributed by atoms with van der Waals surface area (Å²) in [5, 5.41) is 5.26. The third kappa shape index (κ3) is 3.45. The highest BCUT2D eigenvalue weighted by Crippen LogP contribution is 2.15. The summed E-state index contributed by atoms with van der Waals surface area (Å²) < 4.78 is 0. The van der Waals surface area contributed by atoms with Crippen molar-refractivity contribution in [2.24, 2.45) is 0 Å². The number of fused-ring (bicyclic) bond motifs is 1. The van der Waals surface area contributed by atoms with E-state index in [4.69, 9.17) is 0 Å². The molecule has 0 aromatic heterocycles. The van der Waals surface area contributed by atoms with Gasteiger partial charge in [0.15, 0.2) is 0 Å². The van der Waals surface area contributed by atoms with Gasteiger partial charge in [0.1, 0.15) is 0 Å². The molecule has 2 amide bonds. The van der Waals surface area contributed by atoms with E-state index in [1.165, 1.54) is 10.8 Å². The molecule has 114 valence electrons. The normalized spacial score (nSPS) is 15.1. The number of rotatable bonds is 4. The first kappa shape index (κ1) is 14.6. The summed E-state index contributed by atoms with van der Waals surface area (Å²) in [6.45, 7) is 1.36. The van der Waals surface area contributed by atoms with Crippen molar-refractivity contribution in [1.29, 1.82) is 0 Å². The van der Waals surface area contributed by atoms with Gasteiger partial charge in [-0.25, -0.2) is 0 Å². The van der Waals surface area contributed by atoms with Crippen LogP contribution in [-0.4, -0.2) is 29.8 Å². The molecule has 4 heteroatoms. The van der Waals surface area contributed by atoms with Crippen LogP contribution >= 0.6 is 0 Å². The Kier molecular flexibility index (Phi) is 4.37. The van der Waals surface area contributed by atoms with E-state index >= 15 is 0 Å². The van der Waals surface area contributed by atoms with Crippen LogP contribution < -0.4 is 5.32 Å². The van der Waals surface area contributed by atoms with Gasteiger partial charge in [-0.05, 0) is 35.2 Å². The van der Waals surface area contributed by atoms with E-state index in [-0.39, 0.29) is 18.4 Å². The highest BCUT2D eigenvalue weighted by Gasteiger charge is 2.20. The number of piperidine rings is 1. The van der Waals surface area contributed by atoms with Crippen molar-refractivity contribution in [3.05, 3.63) is 48.0 Å². The van der Waals surface area contributed by atoms with Crippen molar-refractivity contribution < 1.29 is 9.59 Å². The molecular weight excluding hydrogens is 276 g/mol. The smallest absolute Gasteiger partial charge is 0.239 e. The lowest BCUT2D eigenvalue weighted by Gasteiger charge is -2.25. The molecule has 0 spiro atoms. The monoisotopic (exact) mass is 296 g/mol. The van der Waals surface area contributed by atoms with Crippen LogP contribution in [0.15, 0.2) is 42.5 Å². The number of nitrogens with one attached hydrogen (secondary N) is 1. The molecule has 0 atom stereocenters. The van der Waals surface area contributed by atoms with Crippen LogP contribution in [0.25, 0.3) is 10.8 Å². The molecule has 0 aliphatic carbocycles. The van der Waals surface area contributed by atoms with Crippen LogP contribution in [0.2, 0.25) is 0 Å². The zero-order valence-electron chi connectivity index (χ0n) is 12.5. The fourth-order valence-corrected chi connectivity index (χ4v) is 2.81. The molecule has 3 rings (SSSR count). The first-order chi connectivity index (χ1) is 10.7. The minimum Gasteiger partial charge on any atom is -0.350 e. The summed E-state index contributed by atoms with van der Waals surface area (Å²) >= 11 is 0. The van der Waals surface area contributed by atoms with E-state index in [0.29, 0.717) is 19.5 Å². The highest BCUT2D eigenvalue weighted by atomic mass is 16.2. The average Bonchev–Trinajstić information content (AvgIpc) is 2.55. The molecule has 0 radical (unpaired) electrons. The molecule has 1 N–H and O–H groups in total. The quantitative estimate of drug-likeness (QED) is 0.942. The first-order valence-electron chi connectivity index (χ1n) is 7.74. The Hall–Kier alpha value is -2.36. The largest absolute Gasteiger partial charge is 0.350 e. The number of amides is 2. The predicted octanol–water partition coefficient (Wildman–Crippen LogP) is 2.47. The van der Waals surface area contributed by atoms with Gasteiger partial charge in [-0.15, -0.1) is 0 Å². The van der Waals surface area contributed by atoms with Crippen molar-refractivity contribution in [2.75, 3.05) is 13.1 Å². The second kappa shape index (κ2) is 6.60. The molecule has 1 fully saturated rings. The molecule has 2 aromatic rings. The van der Waals surface area contributed by atoms with E-state index in [1.807, 2.05) is 18.2 Å². The van der Waals surface area contributed by atoms with Crippen molar-refractivity contribution in [1.82, 2.24) is 10.2 Å². The SMILES string of the molecule is O=C(CN1CCCCC1=O)NCc1ccc2ccccc2c1. The van der Waals surface area contributed by atoms with Crippen LogP contribution in [0.1, 0.15) is 24.8 Å². The van der Waals surface area contributed by atoms with Crippen molar-refractivity contribution >= 4 is 22.6 Å². The topological polar surface area (TPSA) is 49.4 Å². The molecule has 22 heavy (non-hydrogen) atoms. The number of hydrogen-bond donors (Lipinski definition) is 1. The second-order valence-corrected chi connectivity index (χ2v) is 5.73. The Labute approximate surface area is 130 Å². The van der Waals surface area contributed by atoms with E-state index in [1.54, 1.807) is 4.90 Å². The Morgan fingerprint density at radius 2 is 1.91 bits per heavy atom. The predicted molar refractivity (Wildman–Crippen MR) is 86.2 cm³/mol. The maximum absolute atomic E-state index is 12.0. The molecule has 1 heterocycles. The van der Waals surface area contributed by atoms with Crippen LogP contribution in [0, 0.1) is 0 Å². The minimum absolute atomic E-state index is 0.0899. The lowest BCUT2D eigenvalue weighted by molar-refractivity contribution is -0.137. The maximum Gasteiger partial charge on any atom is 0.239 e. The standard InChI is InChI=1S/C18H20N2O2/c21-17(13-20-10-4-3-7-18(20)22)19-12-14-8-9-15-5-1-2-6-16(15)11-14/h1-2,5-6,8-9,11H,3-4,7,10,12-13H2,(H,19,21). The molecule has 0 saturated carbocycles. The molecule has 0 unspecified atom stereocenters. The number of nitrogens with zero attached hydrogens (tertiary/aromatic N) is 1. The molecule has 1 saturated heterocycles. The van der Waals surface area contributed by atoms with Gasteiger partial charge < -0.3 is 10.2 Å². The molecular formula is C18H20N2O2. The summed E-state index contributed by atoms with van der Waals surface area (Å²) in [6, 6.07) is 14.3. The molecule has 1 aliphatic rings. The first-order valence-corrected chi connectivity index (χ1v) is 7.74. The van der Waals surface area contributed by atoms with Gasteiger partial charge in [0.2, 0.25) is 11.8 Å². The summed E-state index contributed by atoms with van der Waals surface area (Å²) in [7, 11) is 0. The van der Waals surface area contributed by atoms with Crippen LogP contribution in [0.3, 0.4) is 0 Å². The molecule has 0 bridgehead atoms. The fourth-order valence-electron chi connectivity index (χ4n) is 2.81. The number of hydrogen-bond acceptors (Lipinski definition) is 2. The lowest BCUT2D eigenvalue weighted by Crippen LogP contribution is -2.42. The van der Waals surface area contributed by atoms with Gasteiger partial charge in [0, 0.05) is 19.5 Å². The van der Waals surface area contributed by atoms with Crippen LogP contribution in [0.5, 0.6) is 0 Å². The van der Waals surface area contributed by atoms with Gasteiger partial charge in [-0.1, -0.05) is 36.4 Å². The summed E-state index contributed by atoms with van der Waals surface area (Å²) in [6.07, 6.45) is 2.50. The number of carbonyl (C=O) groups excluding carboxylic acids is 2. The third-order valence-electron chi connectivity index (χ3n) is 4.06. The van der Waals surface area contributed by atoms with Crippen LogP contribution in [0.4, 0.5) is 0 Å². The lowest BCUT2D eigenvalue weighted by atomic mass is 10.1. The minimum atomic E-state index is -0.0941. The number of benzene rings is 2. The Bertz CT molecular complexity index is 696. The van der Waals surface area contributed by atoms with Crippen molar-refractivity contribution in [3.63, 3.8) is 0 Å². The molecule has 4 nitrogen and oxygen atoms in total. The van der Waals surface area contributed by atoms with E-state index in [0.717, 1.165) is 18.4 Å². The van der Waals surface area contributed by atoms with E-state index in [2.05, 4.69) is 29.6 Å². The Balaban J connectivity index is 1.56. The van der Waals surface area contributed by atoms with Crippen molar-refractivity contribution in [2.45, 2.75) is 25.8 Å². The highest BCUT2D eigenvalue weighted by molar-refractivity contribution is 5.85. The third-order valence-corrected chi connectivity index (χ3v) is 4.06. The van der Waals surface area contributed by atoms with Gasteiger partial charge in [-0.2, -0.15) is 0 Å².